The monoisotopic (exact) mass is 304 g/mol. The molecule has 0 spiro atoms. The predicted molar refractivity (Wildman–Crippen MR) is 83.3 cm³/mol. The van der Waals surface area contributed by atoms with E-state index in [1.807, 2.05) is 13.0 Å². The number of rotatable bonds is 6. The summed E-state index contributed by atoms with van der Waals surface area (Å²) in [5.41, 5.74) is 7.20. The van der Waals surface area contributed by atoms with Crippen LogP contribution in [0.1, 0.15) is 42.1 Å². The molecule has 0 aliphatic heterocycles. The second-order valence-corrected chi connectivity index (χ2v) is 4.92. The zero-order valence-electron chi connectivity index (χ0n) is 11.4. The van der Waals surface area contributed by atoms with Crippen LogP contribution in [0.15, 0.2) is 18.2 Å². The molecule has 0 aliphatic rings. The predicted octanol–water partition coefficient (Wildman–Crippen LogP) is 3.32. The number of benzene rings is 1. The first-order valence-electron chi connectivity index (χ1n) is 6.35. The van der Waals surface area contributed by atoms with Crippen molar-refractivity contribution in [2.24, 2.45) is 5.73 Å². The molecule has 1 atom stereocenters. The van der Waals surface area contributed by atoms with Gasteiger partial charge in [-0.15, -0.1) is 12.4 Å². The Bertz CT molecular complexity index is 410. The Labute approximate surface area is 126 Å². The average Bonchev–Trinajstić information content (AvgIpc) is 2.37. The van der Waals surface area contributed by atoms with E-state index in [1.165, 1.54) is 0 Å². The van der Waals surface area contributed by atoms with Gasteiger partial charge in [-0.05, 0) is 31.0 Å². The first-order valence-corrected chi connectivity index (χ1v) is 6.73. The Hall–Kier alpha value is -0.770. The number of carbonyl (C=O) groups is 1. The van der Waals surface area contributed by atoms with E-state index in [1.54, 1.807) is 12.1 Å². The van der Waals surface area contributed by atoms with Crippen molar-refractivity contribution in [1.82, 2.24) is 5.32 Å². The topological polar surface area (TPSA) is 55.1 Å². The van der Waals surface area contributed by atoms with Crippen LogP contribution in [-0.4, -0.2) is 18.5 Å². The number of unbranched alkanes of at least 4 members (excludes halogenated alkanes) is 1. The Morgan fingerprint density at radius 3 is 2.68 bits per heavy atom. The van der Waals surface area contributed by atoms with Gasteiger partial charge in [0.25, 0.3) is 5.91 Å². The number of carbonyl (C=O) groups excluding carboxylic acids is 1. The van der Waals surface area contributed by atoms with Gasteiger partial charge in [0.2, 0.25) is 0 Å². The number of aryl methyl sites for hydroxylation is 1. The first kappa shape index (κ1) is 18.2. The minimum absolute atomic E-state index is 0. The molecule has 0 saturated heterocycles. The smallest absolute Gasteiger partial charge is 0.251 e. The van der Waals surface area contributed by atoms with Crippen LogP contribution in [0.25, 0.3) is 0 Å². The second-order valence-electron chi connectivity index (χ2n) is 4.51. The fourth-order valence-electron chi connectivity index (χ4n) is 1.70. The van der Waals surface area contributed by atoms with Crippen LogP contribution in [0.4, 0.5) is 0 Å². The van der Waals surface area contributed by atoms with Gasteiger partial charge in [0.1, 0.15) is 0 Å². The van der Waals surface area contributed by atoms with Gasteiger partial charge in [-0.3, -0.25) is 4.79 Å². The summed E-state index contributed by atoms with van der Waals surface area (Å²) in [7, 11) is 0. The van der Waals surface area contributed by atoms with E-state index in [-0.39, 0.29) is 24.4 Å². The number of hydrogen-bond donors (Lipinski definition) is 2. The third-order valence-corrected chi connectivity index (χ3v) is 3.37. The normalized spacial score (nSPS) is 11.6. The lowest BCUT2D eigenvalue weighted by atomic mass is 10.1. The summed E-state index contributed by atoms with van der Waals surface area (Å²) in [5.74, 6) is -0.108. The molecule has 3 N–H and O–H groups in total. The lowest BCUT2D eigenvalue weighted by molar-refractivity contribution is 0.0936. The molecule has 0 bridgehead atoms. The molecule has 1 aromatic carbocycles. The number of amides is 1. The van der Waals surface area contributed by atoms with Gasteiger partial charge in [0.05, 0.1) is 0 Å². The summed E-state index contributed by atoms with van der Waals surface area (Å²) >= 11 is 6.01. The van der Waals surface area contributed by atoms with Crippen molar-refractivity contribution in [2.75, 3.05) is 6.54 Å². The van der Waals surface area contributed by atoms with Crippen LogP contribution >= 0.6 is 24.0 Å². The highest BCUT2D eigenvalue weighted by molar-refractivity contribution is 6.31. The second kappa shape index (κ2) is 9.18. The molecule has 0 aliphatic carbocycles. The summed E-state index contributed by atoms with van der Waals surface area (Å²) in [4.78, 5) is 12.0. The number of halogens is 2. The minimum atomic E-state index is -0.108. The van der Waals surface area contributed by atoms with E-state index in [2.05, 4.69) is 12.2 Å². The van der Waals surface area contributed by atoms with Gasteiger partial charge < -0.3 is 11.1 Å². The van der Waals surface area contributed by atoms with E-state index >= 15 is 0 Å². The van der Waals surface area contributed by atoms with Crippen LogP contribution in [0.3, 0.4) is 0 Å². The summed E-state index contributed by atoms with van der Waals surface area (Å²) < 4.78 is 0. The Morgan fingerprint density at radius 2 is 2.16 bits per heavy atom. The van der Waals surface area contributed by atoms with Crippen molar-refractivity contribution >= 4 is 29.9 Å². The quantitative estimate of drug-likeness (QED) is 0.847. The third kappa shape index (κ3) is 5.81. The molecule has 5 heteroatoms. The van der Waals surface area contributed by atoms with E-state index < -0.39 is 0 Å². The van der Waals surface area contributed by atoms with Gasteiger partial charge in [-0.1, -0.05) is 37.4 Å². The highest BCUT2D eigenvalue weighted by atomic mass is 35.5. The van der Waals surface area contributed by atoms with Crippen molar-refractivity contribution in [3.63, 3.8) is 0 Å². The van der Waals surface area contributed by atoms with Crippen LogP contribution in [0, 0.1) is 6.92 Å². The molecule has 1 amide bonds. The lowest BCUT2D eigenvalue weighted by Gasteiger charge is -2.16. The molecule has 0 aromatic heterocycles. The van der Waals surface area contributed by atoms with Gasteiger partial charge in [-0.25, -0.2) is 0 Å². The van der Waals surface area contributed by atoms with Crippen LogP contribution in [-0.2, 0) is 0 Å². The van der Waals surface area contributed by atoms with Crippen molar-refractivity contribution in [1.29, 1.82) is 0 Å². The Morgan fingerprint density at radius 1 is 1.47 bits per heavy atom. The fourth-order valence-corrected chi connectivity index (χ4v) is 1.88. The molecule has 0 radical (unpaired) electrons. The van der Waals surface area contributed by atoms with Gasteiger partial charge in [-0.2, -0.15) is 0 Å². The highest BCUT2D eigenvalue weighted by Gasteiger charge is 2.12. The lowest BCUT2D eigenvalue weighted by Crippen LogP contribution is -2.40. The van der Waals surface area contributed by atoms with Crippen molar-refractivity contribution in [3.05, 3.63) is 34.3 Å². The summed E-state index contributed by atoms with van der Waals surface area (Å²) in [6.07, 6.45) is 3.08. The largest absolute Gasteiger partial charge is 0.348 e. The average molecular weight is 305 g/mol. The maximum absolute atomic E-state index is 12.0. The molecule has 108 valence electrons. The van der Waals surface area contributed by atoms with E-state index in [0.717, 1.165) is 24.8 Å². The molecular weight excluding hydrogens is 283 g/mol. The van der Waals surface area contributed by atoms with E-state index in [4.69, 9.17) is 17.3 Å². The summed E-state index contributed by atoms with van der Waals surface area (Å²) in [6, 6.07) is 5.36. The first-order chi connectivity index (χ1) is 8.58. The molecule has 19 heavy (non-hydrogen) atoms. The fraction of sp³-hybridized carbons (Fsp3) is 0.500. The molecule has 1 aromatic rings. The molecule has 0 fully saturated rings. The highest BCUT2D eigenvalue weighted by Crippen LogP contribution is 2.16. The molecular formula is C14H22Cl2N2O. The molecule has 1 unspecified atom stereocenters. The van der Waals surface area contributed by atoms with Crippen molar-refractivity contribution < 1.29 is 4.79 Å². The van der Waals surface area contributed by atoms with Crippen LogP contribution < -0.4 is 11.1 Å². The molecule has 1 rings (SSSR count). The van der Waals surface area contributed by atoms with Crippen molar-refractivity contribution in [3.8, 4) is 0 Å². The van der Waals surface area contributed by atoms with E-state index in [9.17, 15) is 4.79 Å². The van der Waals surface area contributed by atoms with Crippen LogP contribution in [0.2, 0.25) is 5.02 Å². The third-order valence-electron chi connectivity index (χ3n) is 2.96. The zero-order valence-corrected chi connectivity index (χ0v) is 13.0. The summed E-state index contributed by atoms with van der Waals surface area (Å²) in [5, 5.41) is 3.55. The minimum Gasteiger partial charge on any atom is -0.348 e. The van der Waals surface area contributed by atoms with Gasteiger partial charge in [0.15, 0.2) is 0 Å². The zero-order chi connectivity index (χ0) is 13.5. The number of hydrogen-bond acceptors (Lipinski definition) is 2. The maximum atomic E-state index is 12.0. The van der Waals surface area contributed by atoms with Crippen LogP contribution in [0.5, 0.6) is 0 Å². The Balaban J connectivity index is 0.00000324. The SMILES string of the molecule is CCCCC(CN)NC(=O)c1ccc(C)c(Cl)c1.Cl. The van der Waals surface area contributed by atoms with Gasteiger partial charge >= 0.3 is 0 Å². The molecule has 3 nitrogen and oxygen atoms in total. The number of nitrogens with two attached hydrogens (primary N) is 1. The Kier molecular flexibility index (Phi) is 8.81. The van der Waals surface area contributed by atoms with E-state index in [0.29, 0.717) is 17.1 Å². The molecule has 0 heterocycles. The van der Waals surface area contributed by atoms with Crippen molar-refractivity contribution in [2.45, 2.75) is 39.2 Å². The molecule has 0 saturated carbocycles. The maximum Gasteiger partial charge on any atom is 0.251 e. The standard InChI is InChI=1S/C14H21ClN2O.ClH/c1-3-4-5-12(9-16)17-14(18)11-7-6-10(2)13(15)8-11;/h6-8,12H,3-5,9,16H2,1-2H3,(H,17,18);1H. The summed E-state index contributed by atoms with van der Waals surface area (Å²) in [6.45, 7) is 4.49. The van der Waals surface area contributed by atoms with Gasteiger partial charge in [0, 0.05) is 23.2 Å². The number of nitrogens with one attached hydrogen (secondary N) is 1.